The first kappa shape index (κ1) is 19.7. The second kappa shape index (κ2) is 7.47. The average Bonchev–Trinajstić information content (AvgIpc) is 3.24. The fraction of sp³-hybridized carbons (Fsp3) is 0.259. The molecule has 31 heavy (non-hydrogen) atoms. The van der Waals surface area contributed by atoms with E-state index in [9.17, 15) is 0 Å². The molecule has 3 aromatic carbocycles. The zero-order valence-electron chi connectivity index (χ0n) is 18.4. The molecule has 2 heterocycles. The number of nitrogens with zero attached hydrogens (tertiary/aromatic N) is 1. The van der Waals surface area contributed by atoms with Gasteiger partial charge in [0.1, 0.15) is 0 Å². The van der Waals surface area contributed by atoms with Gasteiger partial charge in [0.15, 0.2) is 17.7 Å². The largest absolute Gasteiger partial charge is 0.493 e. The normalized spacial score (nSPS) is 20.2. The average molecular weight is 413 g/mol. The van der Waals surface area contributed by atoms with Crippen LogP contribution in [0, 0.1) is 0 Å². The minimum Gasteiger partial charge on any atom is -0.493 e. The highest BCUT2D eigenvalue weighted by atomic mass is 16.5. The van der Waals surface area contributed by atoms with Gasteiger partial charge in [0.05, 0.1) is 18.8 Å². The van der Waals surface area contributed by atoms with E-state index in [1.165, 1.54) is 5.56 Å². The molecule has 0 fully saturated rings. The Morgan fingerprint density at radius 1 is 0.903 bits per heavy atom. The van der Waals surface area contributed by atoms with E-state index in [4.69, 9.17) is 9.47 Å². The molecule has 0 aromatic heterocycles. The van der Waals surface area contributed by atoms with Crippen molar-refractivity contribution in [3.63, 3.8) is 0 Å². The van der Waals surface area contributed by atoms with Crippen LogP contribution in [0.2, 0.25) is 0 Å². The van der Waals surface area contributed by atoms with Crippen LogP contribution >= 0.6 is 0 Å². The Morgan fingerprint density at radius 2 is 1.65 bits per heavy atom. The van der Waals surface area contributed by atoms with Crippen molar-refractivity contribution in [3.05, 3.63) is 101 Å². The maximum absolute atomic E-state index is 6.57. The third-order valence-electron chi connectivity index (χ3n) is 6.05. The van der Waals surface area contributed by atoms with Gasteiger partial charge in [-0.1, -0.05) is 87.5 Å². The van der Waals surface area contributed by atoms with Crippen molar-refractivity contribution in [2.24, 2.45) is 0 Å². The van der Waals surface area contributed by atoms with E-state index in [1.807, 2.05) is 18.2 Å². The highest BCUT2D eigenvalue weighted by Crippen LogP contribution is 2.49. The van der Waals surface area contributed by atoms with Gasteiger partial charge in [-0.05, 0) is 28.7 Å². The molecule has 0 aliphatic carbocycles. The number of ether oxygens (including phenoxy) is 2. The number of nitrogens with one attached hydrogen (secondary N) is 1. The van der Waals surface area contributed by atoms with E-state index in [2.05, 4.69) is 91.9 Å². The number of methoxy groups -OCH3 is 1. The van der Waals surface area contributed by atoms with Gasteiger partial charge in [0.2, 0.25) is 0 Å². The van der Waals surface area contributed by atoms with Gasteiger partial charge in [-0.25, -0.2) is 0 Å². The molecule has 5 rings (SSSR count). The first-order valence-electron chi connectivity index (χ1n) is 10.7. The number of hydrazine groups is 1. The molecular formula is C27H28N2O2. The second-order valence-corrected chi connectivity index (χ2v) is 9.13. The minimum absolute atomic E-state index is 0.0429. The van der Waals surface area contributed by atoms with Crippen LogP contribution in [0.15, 0.2) is 78.9 Å². The van der Waals surface area contributed by atoms with Gasteiger partial charge in [0.25, 0.3) is 0 Å². The zero-order chi connectivity index (χ0) is 21.6. The lowest BCUT2D eigenvalue weighted by Crippen LogP contribution is -2.43. The number of rotatable bonds is 3. The Hall–Kier alpha value is -3.24. The standard InChI is InChI=1S/C27H28N2O2/c1-27(2,3)20-15-13-19(14-16-20)26-29-23(17-22(28-29)18-9-6-5-7-10-18)21-11-8-12-24(30-4)25(21)31-26/h5-17,23,26,28H,1-4H3/t23-,26+/m0/s1. The van der Waals surface area contributed by atoms with Crippen molar-refractivity contribution in [2.45, 2.75) is 38.5 Å². The summed E-state index contributed by atoms with van der Waals surface area (Å²) in [5.74, 6) is 1.57. The first-order chi connectivity index (χ1) is 15.0. The highest BCUT2D eigenvalue weighted by Gasteiger charge is 2.41. The lowest BCUT2D eigenvalue weighted by Gasteiger charge is -2.39. The molecule has 0 bridgehead atoms. The van der Waals surface area contributed by atoms with Crippen LogP contribution in [0.4, 0.5) is 0 Å². The Morgan fingerprint density at radius 3 is 2.32 bits per heavy atom. The van der Waals surface area contributed by atoms with Crippen molar-refractivity contribution < 1.29 is 9.47 Å². The summed E-state index contributed by atoms with van der Waals surface area (Å²) < 4.78 is 12.2. The third-order valence-corrected chi connectivity index (χ3v) is 6.05. The zero-order valence-corrected chi connectivity index (χ0v) is 18.4. The summed E-state index contributed by atoms with van der Waals surface area (Å²) >= 11 is 0. The van der Waals surface area contributed by atoms with Gasteiger partial charge >= 0.3 is 0 Å². The maximum Gasteiger partial charge on any atom is 0.196 e. The maximum atomic E-state index is 6.57. The second-order valence-electron chi connectivity index (χ2n) is 9.13. The molecule has 4 heteroatoms. The quantitative estimate of drug-likeness (QED) is 0.573. The monoisotopic (exact) mass is 412 g/mol. The Bertz CT molecular complexity index is 1110. The van der Waals surface area contributed by atoms with Crippen LogP contribution in [-0.2, 0) is 5.41 Å². The summed E-state index contributed by atoms with van der Waals surface area (Å²) in [6.45, 7) is 6.69. The molecule has 158 valence electrons. The Labute approximate surface area is 184 Å². The van der Waals surface area contributed by atoms with Crippen molar-refractivity contribution >= 4 is 5.70 Å². The summed E-state index contributed by atoms with van der Waals surface area (Å²) in [4.78, 5) is 0. The smallest absolute Gasteiger partial charge is 0.196 e. The molecule has 2 aliphatic heterocycles. The molecule has 0 saturated heterocycles. The van der Waals surface area contributed by atoms with E-state index in [1.54, 1.807) is 7.11 Å². The summed E-state index contributed by atoms with van der Waals surface area (Å²) in [5, 5.41) is 2.19. The molecule has 3 aromatic rings. The van der Waals surface area contributed by atoms with Crippen LogP contribution in [0.3, 0.4) is 0 Å². The van der Waals surface area contributed by atoms with Crippen molar-refractivity contribution in [1.82, 2.24) is 10.4 Å². The summed E-state index contributed by atoms with van der Waals surface area (Å²) in [6.07, 6.45) is 1.99. The Balaban J connectivity index is 1.58. The van der Waals surface area contributed by atoms with E-state index in [0.29, 0.717) is 0 Å². The molecule has 2 atom stereocenters. The van der Waals surface area contributed by atoms with Crippen molar-refractivity contribution in [3.8, 4) is 11.5 Å². The fourth-order valence-electron chi connectivity index (χ4n) is 4.30. The highest BCUT2D eigenvalue weighted by molar-refractivity contribution is 5.68. The molecule has 0 spiro atoms. The SMILES string of the molecule is COc1cccc2c1O[C@H](c1ccc(C(C)(C)C)cc1)N1NC(c3ccccc3)=C[C@@H]21. The summed E-state index contributed by atoms with van der Waals surface area (Å²) in [5.41, 5.74) is 9.46. The van der Waals surface area contributed by atoms with Crippen LogP contribution in [0.1, 0.15) is 55.3 Å². The predicted molar refractivity (Wildman–Crippen MR) is 124 cm³/mol. The topological polar surface area (TPSA) is 33.7 Å². The van der Waals surface area contributed by atoms with Gasteiger partial charge in [0, 0.05) is 11.1 Å². The van der Waals surface area contributed by atoms with Gasteiger partial charge in [-0.2, -0.15) is 5.01 Å². The van der Waals surface area contributed by atoms with E-state index in [-0.39, 0.29) is 17.7 Å². The molecule has 1 N–H and O–H groups in total. The molecule has 4 nitrogen and oxygen atoms in total. The fourth-order valence-corrected chi connectivity index (χ4v) is 4.30. The van der Waals surface area contributed by atoms with Gasteiger partial charge in [-0.15, -0.1) is 0 Å². The van der Waals surface area contributed by atoms with Crippen LogP contribution in [0.5, 0.6) is 11.5 Å². The molecule has 0 unspecified atom stereocenters. The van der Waals surface area contributed by atoms with E-state index in [0.717, 1.165) is 33.9 Å². The Kier molecular flexibility index (Phi) is 4.75. The number of fused-ring (bicyclic) bond motifs is 3. The van der Waals surface area contributed by atoms with Gasteiger partial charge in [-0.3, -0.25) is 0 Å². The van der Waals surface area contributed by atoms with Crippen molar-refractivity contribution in [2.75, 3.05) is 7.11 Å². The molecule has 0 amide bonds. The minimum atomic E-state index is -0.278. The van der Waals surface area contributed by atoms with Crippen LogP contribution in [-0.4, -0.2) is 12.1 Å². The van der Waals surface area contributed by atoms with Crippen LogP contribution < -0.4 is 14.9 Å². The van der Waals surface area contributed by atoms with E-state index >= 15 is 0 Å². The summed E-state index contributed by atoms with van der Waals surface area (Å²) in [7, 11) is 1.69. The van der Waals surface area contributed by atoms with Crippen LogP contribution in [0.25, 0.3) is 5.70 Å². The molecule has 2 aliphatic rings. The predicted octanol–water partition coefficient (Wildman–Crippen LogP) is 5.99. The molecule has 0 saturated carbocycles. The van der Waals surface area contributed by atoms with E-state index < -0.39 is 0 Å². The third kappa shape index (κ3) is 3.47. The first-order valence-corrected chi connectivity index (χ1v) is 10.7. The number of benzene rings is 3. The van der Waals surface area contributed by atoms with Gasteiger partial charge < -0.3 is 14.9 Å². The van der Waals surface area contributed by atoms with Crippen molar-refractivity contribution in [1.29, 1.82) is 0 Å². The molecule has 0 radical (unpaired) electrons. The lowest BCUT2D eigenvalue weighted by atomic mass is 9.86. The number of para-hydroxylation sites is 1. The number of hydrogen-bond acceptors (Lipinski definition) is 4. The molecular weight excluding hydrogens is 384 g/mol. The summed E-state index contributed by atoms with van der Waals surface area (Å²) in [6, 6.07) is 25.3. The lowest BCUT2D eigenvalue weighted by molar-refractivity contribution is -0.0343. The number of hydrogen-bond donors (Lipinski definition) is 1.